The topological polar surface area (TPSA) is 71.5 Å². The van der Waals surface area contributed by atoms with E-state index >= 15 is 0 Å². The molecule has 0 bridgehead atoms. The minimum atomic E-state index is -0.489. The lowest BCUT2D eigenvalue weighted by molar-refractivity contribution is -0.125. The number of benzene rings is 1. The molecule has 3 heterocycles. The molecular formula is C18H15N3O3S2. The molecule has 2 aromatic heterocycles. The zero-order valence-electron chi connectivity index (χ0n) is 14.1. The summed E-state index contributed by atoms with van der Waals surface area (Å²) < 4.78 is 5.64. The first-order valence-corrected chi connectivity index (χ1v) is 9.68. The Balaban J connectivity index is 1.58. The molecule has 1 unspecified atom stereocenters. The molecule has 1 N–H and O–H groups in total. The van der Waals surface area contributed by atoms with Crippen LogP contribution in [0.3, 0.4) is 0 Å². The second kappa shape index (κ2) is 6.54. The van der Waals surface area contributed by atoms with Gasteiger partial charge in [0.1, 0.15) is 5.75 Å². The Morgan fingerprint density at radius 1 is 1.31 bits per heavy atom. The highest BCUT2D eigenvalue weighted by Gasteiger charge is 2.29. The Morgan fingerprint density at radius 3 is 2.92 bits per heavy atom. The number of thiophene rings is 1. The number of anilines is 2. The van der Waals surface area contributed by atoms with E-state index in [1.807, 2.05) is 35.0 Å². The number of nitrogens with one attached hydrogen (secondary N) is 1. The van der Waals surface area contributed by atoms with Crippen LogP contribution in [-0.4, -0.2) is 29.9 Å². The van der Waals surface area contributed by atoms with E-state index < -0.39 is 6.10 Å². The lowest BCUT2D eigenvalue weighted by atomic mass is 10.1. The molecule has 1 atom stereocenters. The van der Waals surface area contributed by atoms with E-state index in [0.29, 0.717) is 21.4 Å². The Bertz CT molecular complexity index is 981. The third-order valence-electron chi connectivity index (χ3n) is 4.07. The van der Waals surface area contributed by atoms with E-state index in [1.165, 1.54) is 22.7 Å². The predicted octanol–water partition coefficient (Wildman–Crippen LogP) is 3.87. The van der Waals surface area contributed by atoms with Gasteiger partial charge in [0, 0.05) is 18.0 Å². The van der Waals surface area contributed by atoms with E-state index in [9.17, 15) is 9.59 Å². The highest BCUT2D eigenvalue weighted by molar-refractivity contribution is 7.14. The summed E-state index contributed by atoms with van der Waals surface area (Å²) in [6.07, 6.45) is -0.489. The minimum Gasteiger partial charge on any atom is -0.479 e. The fourth-order valence-corrected chi connectivity index (χ4v) is 4.03. The molecule has 1 aliphatic heterocycles. The molecule has 1 aromatic carbocycles. The van der Waals surface area contributed by atoms with Crippen molar-refractivity contribution in [3.63, 3.8) is 0 Å². The van der Waals surface area contributed by atoms with Crippen LogP contribution in [0.2, 0.25) is 0 Å². The maximum absolute atomic E-state index is 12.1. The second-order valence-corrected chi connectivity index (χ2v) is 7.61. The van der Waals surface area contributed by atoms with E-state index in [4.69, 9.17) is 4.74 Å². The van der Waals surface area contributed by atoms with Gasteiger partial charge in [0.2, 0.25) is 0 Å². The number of ether oxygens (including phenoxy) is 1. The number of carbonyl (C=O) groups is 2. The van der Waals surface area contributed by atoms with E-state index in [2.05, 4.69) is 10.3 Å². The van der Waals surface area contributed by atoms with Crippen LogP contribution < -0.4 is 15.0 Å². The van der Waals surface area contributed by atoms with Gasteiger partial charge in [-0.05, 0) is 36.6 Å². The third kappa shape index (κ3) is 2.97. The van der Waals surface area contributed by atoms with Crippen molar-refractivity contribution in [1.29, 1.82) is 0 Å². The summed E-state index contributed by atoms with van der Waals surface area (Å²) in [4.78, 5) is 31.0. The van der Waals surface area contributed by atoms with E-state index in [-0.39, 0.29) is 11.8 Å². The van der Waals surface area contributed by atoms with Crippen LogP contribution >= 0.6 is 22.7 Å². The summed E-state index contributed by atoms with van der Waals surface area (Å²) in [6.45, 7) is 1.73. The number of fused-ring (bicyclic) bond motifs is 1. The van der Waals surface area contributed by atoms with Crippen molar-refractivity contribution in [1.82, 2.24) is 4.98 Å². The maximum Gasteiger partial charge on any atom is 0.267 e. The summed E-state index contributed by atoms with van der Waals surface area (Å²) in [5.74, 6) is 0.417. The summed E-state index contributed by atoms with van der Waals surface area (Å²) in [7, 11) is 1.73. The van der Waals surface area contributed by atoms with Gasteiger partial charge < -0.3 is 9.64 Å². The van der Waals surface area contributed by atoms with E-state index in [0.717, 1.165) is 11.3 Å². The molecule has 0 saturated heterocycles. The molecule has 0 aliphatic carbocycles. The monoisotopic (exact) mass is 385 g/mol. The first kappa shape index (κ1) is 16.7. The van der Waals surface area contributed by atoms with Gasteiger partial charge in [-0.3, -0.25) is 14.9 Å². The van der Waals surface area contributed by atoms with Gasteiger partial charge in [0.05, 0.1) is 16.3 Å². The highest BCUT2D eigenvalue weighted by Crippen LogP contribution is 2.37. The molecule has 4 rings (SSSR count). The van der Waals surface area contributed by atoms with Gasteiger partial charge in [-0.1, -0.05) is 6.07 Å². The molecule has 132 valence electrons. The Labute approximate surface area is 158 Å². The van der Waals surface area contributed by atoms with Crippen LogP contribution in [0.4, 0.5) is 10.8 Å². The smallest absolute Gasteiger partial charge is 0.267 e. The molecule has 26 heavy (non-hydrogen) atoms. The fraction of sp³-hybridized carbons (Fsp3) is 0.167. The summed E-state index contributed by atoms with van der Waals surface area (Å²) in [6, 6.07) is 9.22. The molecule has 8 heteroatoms. The van der Waals surface area contributed by atoms with Gasteiger partial charge >= 0.3 is 0 Å². The van der Waals surface area contributed by atoms with Crippen molar-refractivity contribution in [2.45, 2.75) is 13.0 Å². The largest absolute Gasteiger partial charge is 0.479 e. The molecule has 2 amide bonds. The van der Waals surface area contributed by atoms with Crippen LogP contribution in [0.25, 0.3) is 11.3 Å². The van der Waals surface area contributed by atoms with Gasteiger partial charge in [0.15, 0.2) is 11.2 Å². The average molecular weight is 385 g/mol. The molecule has 6 nitrogen and oxygen atoms in total. The second-order valence-electron chi connectivity index (χ2n) is 5.81. The number of aromatic nitrogens is 1. The number of hydrogen-bond acceptors (Lipinski definition) is 6. The molecule has 0 fully saturated rings. The highest BCUT2D eigenvalue weighted by atomic mass is 32.1. The zero-order valence-corrected chi connectivity index (χ0v) is 15.7. The minimum absolute atomic E-state index is 0.0863. The molecular weight excluding hydrogens is 370 g/mol. The molecule has 0 saturated carbocycles. The zero-order chi connectivity index (χ0) is 18.3. The van der Waals surface area contributed by atoms with Crippen molar-refractivity contribution >= 4 is 45.3 Å². The van der Waals surface area contributed by atoms with Crippen LogP contribution in [0.1, 0.15) is 16.6 Å². The van der Waals surface area contributed by atoms with Crippen LogP contribution in [0, 0.1) is 0 Å². The Hall–Kier alpha value is -2.71. The van der Waals surface area contributed by atoms with Crippen LogP contribution in [-0.2, 0) is 4.79 Å². The maximum atomic E-state index is 12.1. The summed E-state index contributed by atoms with van der Waals surface area (Å²) in [5.41, 5.74) is 2.30. The number of likely N-dealkylation sites (N-methyl/N-ethyl adjacent to an activating group) is 1. The SMILES string of the molecule is CC1Oc2ccc(-c3csc(NC(=O)c4cccs4)n3)cc2N(C)C1=O. The normalized spacial score (nSPS) is 16.2. The summed E-state index contributed by atoms with van der Waals surface area (Å²) in [5, 5.41) is 7.07. The lowest BCUT2D eigenvalue weighted by Gasteiger charge is -2.30. The van der Waals surface area contributed by atoms with Gasteiger partial charge in [0.25, 0.3) is 11.8 Å². The Morgan fingerprint density at radius 2 is 2.15 bits per heavy atom. The summed E-state index contributed by atoms with van der Waals surface area (Å²) >= 11 is 2.74. The van der Waals surface area contributed by atoms with Crippen molar-refractivity contribution in [3.8, 4) is 17.0 Å². The predicted molar refractivity (Wildman–Crippen MR) is 103 cm³/mol. The van der Waals surface area contributed by atoms with Crippen LogP contribution in [0.5, 0.6) is 5.75 Å². The average Bonchev–Trinajstić information content (AvgIpc) is 3.31. The molecule has 1 aliphatic rings. The van der Waals surface area contributed by atoms with Crippen molar-refractivity contribution in [2.24, 2.45) is 0 Å². The van der Waals surface area contributed by atoms with Gasteiger partial charge in [-0.2, -0.15) is 0 Å². The van der Waals surface area contributed by atoms with Gasteiger partial charge in [-0.15, -0.1) is 22.7 Å². The number of rotatable bonds is 3. The van der Waals surface area contributed by atoms with Crippen LogP contribution in [0.15, 0.2) is 41.1 Å². The number of hydrogen-bond donors (Lipinski definition) is 1. The van der Waals surface area contributed by atoms with Gasteiger partial charge in [-0.25, -0.2) is 4.98 Å². The number of amides is 2. The lowest BCUT2D eigenvalue weighted by Crippen LogP contribution is -2.41. The van der Waals surface area contributed by atoms with Crippen molar-refractivity contribution < 1.29 is 14.3 Å². The Kier molecular flexibility index (Phi) is 4.21. The number of carbonyl (C=O) groups excluding carboxylic acids is 2. The number of nitrogens with zero attached hydrogens (tertiary/aromatic N) is 2. The molecule has 3 aromatic rings. The third-order valence-corrected chi connectivity index (χ3v) is 5.69. The molecule has 0 radical (unpaired) electrons. The van der Waals surface area contributed by atoms with Crippen molar-refractivity contribution in [2.75, 3.05) is 17.3 Å². The quantitative estimate of drug-likeness (QED) is 0.743. The standard InChI is InChI=1S/C18H15N3O3S2/c1-10-17(23)21(2)13-8-11(5-6-14(13)24-10)12-9-26-18(19-12)20-16(22)15-4-3-7-25-15/h3-10H,1-2H3,(H,19,20,22). The number of thiazole rings is 1. The van der Waals surface area contributed by atoms with Crippen molar-refractivity contribution in [3.05, 3.63) is 46.0 Å². The first-order chi connectivity index (χ1) is 12.5. The fourth-order valence-electron chi connectivity index (χ4n) is 2.70. The molecule has 0 spiro atoms. The first-order valence-electron chi connectivity index (χ1n) is 7.92. The van der Waals surface area contributed by atoms with E-state index in [1.54, 1.807) is 24.9 Å².